The molecule has 4 aromatic rings. The highest BCUT2D eigenvalue weighted by Crippen LogP contribution is 2.32. The van der Waals surface area contributed by atoms with E-state index in [9.17, 15) is 14.9 Å². The zero-order valence-electron chi connectivity index (χ0n) is 18.0. The maximum atomic E-state index is 12.2. The highest BCUT2D eigenvalue weighted by molar-refractivity contribution is 8.03. The smallest absolute Gasteiger partial charge is 0.270 e. The standard InChI is InChI=1S/C23H19N5O3S3/c1-15(17-8-5-10-19(12-17)28(30)31)24-25-21(29)14-33-23-27-26-22(34-23)32-13-18-9-4-7-16-6-2-3-11-20(16)18/h2-12H,13-14H2,1H3,(H,25,29). The molecule has 0 aliphatic rings. The van der Waals surface area contributed by atoms with Crippen molar-refractivity contribution < 1.29 is 9.72 Å². The lowest BCUT2D eigenvalue weighted by molar-refractivity contribution is -0.384. The Kier molecular flexibility index (Phi) is 7.88. The molecule has 1 aromatic heterocycles. The number of nitrogens with zero attached hydrogens (tertiary/aromatic N) is 4. The van der Waals surface area contributed by atoms with E-state index >= 15 is 0 Å². The van der Waals surface area contributed by atoms with E-state index in [1.807, 2.05) is 12.1 Å². The Morgan fingerprint density at radius 3 is 2.62 bits per heavy atom. The first kappa shape index (κ1) is 23.9. The Labute approximate surface area is 208 Å². The fourth-order valence-corrected chi connectivity index (χ4v) is 5.90. The quantitative estimate of drug-likeness (QED) is 0.137. The maximum Gasteiger partial charge on any atom is 0.270 e. The molecule has 0 saturated carbocycles. The highest BCUT2D eigenvalue weighted by atomic mass is 32.2. The second-order valence-corrected chi connectivity index (χ2v) is 10.5. The van der Waals surface area contributed by atoms with Crippen LogP contribution in [0.4, 0.5) is 5.69 Å². The van der Waals surface area contributed by atoms with Gasteiger partial charge in [-0.1, -0.05) is 89.5 Å². The van der Waals surface area contributed by atoms with Crippen molar-refractivity contribution in [2.24, 2.45) is 5.10 Å². The Balaban J connectivity index is 1.28. The number of fused-ring (bicyclic) bond motifs is 1. The molecule has 0 radical (unpaired) electrons. The zero-order chi connectivity index (χ0) is 23.9. The molecule has 3 aromatic carbocycles. The highest BCUT2D eigenvalue weighted by Gasteiger charge is 2.11. The molecular weight excluding hydrogens is 490 g/mol. The van der Waals surface area contributed by atoms with Crippen LogP contribution in [-0.2, 0) is 10.5 Å². The molecular formula is C23H19N5O3S3. The number of carbonyl (C=O) groups excluding carboxylic acids is 1. The summed E-state index contributed by atoms with van der Waals surface area (Å²) >= 11 is 4.36. The van der Waals surface area contributed by atoms with Gasteiger partial charge in [0.25, 0.3) is 11.6 Å². The predicted octanol–water partition coefficient (Wildman–Crippen LogP) is 5.52. The van der Waals surface area contributed by atoms with Crippen LogP contribution < -0.4 is 5.43 Å². The van der Waals surface area contributed by atoms with Gasteiger partial charge >= 0.3 is 0 Å². The van der Waals surface area contributed by atoms with Gasteiger partial charge in [0.05, 0.1) is 16.4 Å². The number of thioether (sulfide) groups is 2. The number of carbonyl (C=O) groups is 1. The molecule has 8 nitrogen and oxygen atoms in total. The average Bonchev–Trinajstić information content (AvgIpc) is 3.32. The second kappa shape index (κ2) is 11.2. The van der Waals surface area contributed by atoms with E-state index in [1.165, 1.54) is 51.6 Å². The lowest BCUT2D eigenvalue weighted by Gasteiger charge is -2.04. The number of hydrazone groups is 1. The molecule has 0 aliphatic carbocycles. The molecule has 4 rings (SSSR count). The summed E-state index contributed by atoms with van der Waals surface area (Å²) in [5, 5.41) is 25.8. The molecule has 34 heavy (non-hydrogen) atoms. The average molecular weight is 510 g/mol. The summed E-state index contributed by atoms with van der Waals surface area (Å²) < 4.78 is 1.55. The van der Waals surface area contributed by atoms with Crippen molar-refractivity contribution >= 4 is 62.9 Å². The van der Waals surface area contributed by atoms with Crippen LogP contribution in [0.1, 0.15) is 18.1 Å². The molecule has 0 atom stereocenters. The Morgan fingerprint density at radius 2 is 1.79 bits per heavy atom. The van der Waals surface area contributed by atoms with Crippen molar-refractivity contribution in [3.8, 4) is 0 Å². The van der Waals surface area contributed by atoms with E-state index in [0.29, 0.717) is 15.6 Å². The van der Waals surface area contributed by atoms with Gasteiger partial charge in [-0.2, -0.15) is 5.10 Å². The van der Waals surface area contributed by atoms with Crippen LogP contribution in [0.15, 0.2) is 80.5 Å². The number of non-ortho nitro benzene ring substituents is 1. The summed E-state index contributed by atoms with van der Waals surface area (Å²) in [4.78, 5) is 22.6. The topological polar surface area (TPSA) is 110 Å². The predicted molar refractivity (Wildman–Crippen MR) is 138 cm³/mol. The molecule has 1 amide bonds. The van der Waals surface area contributed by atoms with Crippen molar-refractivity contribution in [1.29, 1.82) is 0 Å². The third kappa shape index (κ3) is 6.19. The number of rotatable bonds is 9. The minimum Gasteiger partial charge on any atom is -0.272 e. The molecule has 0 unspecified atom stereocenters. The lowest BCUT2D eigenvalue weighted by Crippen LogP contribution is -2.21. The first-order valence-electron chi connectivity index (χ1n) is 10.1. The Hall–Kier alpha value is -3.28. The summed E-state index contributed by atoms with van der Waals surface area (Å²) in [7, 11) is 0. The maximum absolute atomic E-state index is 12.2. The minimum absolute atomic E-state index is 0.0284. The van der Waals surface area contributed by atoms with Crippen LogP contribution in [-0.4, -0.2) is 32.5 Å². The molecule has 1 N–H and O–H groups in total. The van der Waals surface area contributed by atoms with Crippen molar-refractivity contribution in [2.45, 2.75) is 21.4 Å². The SMILES string of the molecule is CC(=NNC(=O)CSc1nnc(SCc2cccc3ccccc23)s1)c1cccc([N+](=O)[O-])c1. The van der Waals surface area contributed by atoms with E-state index in [1.54, 1.807) is 30.8 Å². The van der Waals surface area contributed by atoms with Gasteiger partial charge in [0.1, 0.15) is 0 Å². The van der Waals surface area contributed by atoms with E-state index in [-0.39, 0.29) is 17.3 Å². The summed E-state index contributed by atoms with van der Waals surface area (Å²) in [6.07, 6.45) is 0. The summed E-state index contributed by atoms with van der Waals surface area (Å²) in [6.45, 7) is 1.68. The number of nitrogens with one attached hydrogen (secondary N) is 1. The number of aromatic nitrogens is 2. The number of hydrogen-bond acceptors (Lipinski definition) is 9. The van der Waals surface area contributed by atoms with E-state index in [2.05, 4.69) is 51.1 Å². The third-order valence-corrected chi connectivity index (χ3v) is 8.01. The third-order valence-electron chi connectivity index (χ3n) is 4.77. The largest absolute Gasteiger partial charge is 0.272 e. The van der Waals surface area contributed by atoms with Crippen LogP contribution in [0.5, 0.6) is 0 Å². The monoisotopic (exact) mass is 509 g/mol. The van der Waals surface area contributed by atoms with E-state index in [0.717, 1.165) is 10.1 Å². The first-order chi connectivity index (χ1) is 16.5. The molecule has 172 valence electrons. The van der Waals surface area contributed by atoms with Crippen LogP contribution in [0.25, 0.3) is 10.8 Å². The van der Waals surface area contributed by atoms with E-state index in [4.69, 9.17) is 0 Å². The Morgan fingerprint density at radius 1 is 1.06 bits per heavy atom. The summed E-state index contributed by atoms with van der Waals surface area (Å²) in [5.74, 6) is 0.621. The fourth-order valence-electron chi connectivity index (χ4n) is 3.09. The second-order valence-electron chi connectivity index (χ2n) is 7.09. The zero-order valence-corrected chi connectivity index (χ0v) is 20.5. The number of benzene rings is 3. The molecule has 0 aliphatic heterocycles. The van der Waals surface area contributed by atoms with Crippen LogP contribution in [0.3, 0.4) is 0 Å². The van der Waals surface area contributed by atoms with Crippen molar-refractivity contribution in [1.82, 2.24) is 15.6 Å². The fraction of sp³-hybridized carbons (Fsp3) is 0.130. The van der Waals surface area contributed by atoms with Crippen molar-refractivity contribution in [2.75, 3.05) is 5.75 Å². The molecule has 0 saturated heterocycles. The molecule has 0 bridgehead atoms. The van der Waals surface area contributed by atoms with Gasteiger partial charge in [0.2, 0.25) is 0 Å². The number of amides is 1. The molecule has 11 heteroatoms. The van der Waals surface area contributed by atoms with Crippen molar-refractivity contribution in [3.05, 3.63) is 88.0 Å². The molecule has 1 heterocycles. The van der Waals surface area contributed by atoms with Crippen LogP contribution in [0, 0.1) is 10.1 Å². The lowest BCUT2D eigenvalue weighted by atomic mass is 10.1. The van der Waals surface area contributed by atoms with Crippen LogP contribution in [0.2, 0.25) is 0 Å². The van der Waals surface area contributed by atoms with Gasteiger partial charge in [-0.25, -0.2) is 5.43 Å². The number of nitro groups is 1. The normalized spacial score (nSPS) is 11.5. The van der Waals surface area contributed by atoms with Gasteiger partial charge in [-0.15, -0.1) is 10.2 Å². The minimum atomic E-state index is -0.470. The molecule has 0 spiro atoms. The number of hydrogen-bond donors (Lipinski definition) is 1. The van der Waals surface area contributed by atoms with E-state index < -0.39 is 4.92 Å². The van der Waals surface area contributed by atoms with Gasteiger partial charge in [-0.3, -0.25) is 14.9 Å². The van der Waals surface area contributed by atoms with Gasteiger partial charge in [0.15, 0.2) is 8.68 Å². The van der Waals surface area contributed by atoms with Crippen molar-refractivity contribution in [3.63, 3.8) is 0 Å². The summed E-state index contributed by atoms with van der Waals surface area (Å²) in [6, 6.07) is 20.7. The van der Waals surface area contributed by atoms with Gasteiger partial charge < -0.3 is 0 Å². The first-order valence-corrected chi connectivity index (χ1v) is 12.9. The Bertz CT molecular complexity index is 1370. The molecule has 0 fully saturated rings. The summed E-state index contributed by atoms with van der Waals surface area (Å²) in [5.41, 5.74) is 4.74. The van der Waals surface area contributed by atoms with Crippen LogP contribution >= 0.6 is 34.9 Å². The number of nitro benzene ring substituents is 1. The van der Waals surface area contributed by atoms with Gasteiger partial charge in [-0.05, 0) is 23.3 Å². The van der Waals surface area contributed by atoms with Gasteiger partial charge in [0, 0.05) is 23.4 Å².